The molecule has 0 amide bonds. The van der Waals surface area contributed by atoms with Gasteiger partial charge in [-0.15, -0.1) is 0 Å². The quantitative estimate of drug-likeness (QED) is 0.0883. The minimum atomic E-state index is -3.97. The van der Waals surface area contributed by atoms with Gasteiger partial charge in [0.15, 0.2) is 0 Å². The average Bonchev–Trinajstić information content (AvgIpc) is 3.09. The highest BCUT2D eigenvalue weighted by Gasteiger charge is 2.45. The fourth-order valence-corrected chi connectivity index (χ4v) is 7.33. The van der Waals surface area contributed by atoms with Gasteiger partial charge in [0.1, 0.15) is 6.61 Å². The molecule has 5 nitrogen and oxygen atoms in total. The SMILES string of the molecule is O=C(OCc1ccccc1)C(Cc1ccccc1)C(Cc1ccccc1)P(=O)(OCc1ccccc1)OCc1ccccc1. The Morgan fingerprint density at radius 1 is 0.477 bits per heavy atom. The Labute approximate surface area is 260 Å². The molecule has 0 saturated heterocycles. The van der Waals surface area contributed by atoms with Crippen molar-refractivity contribution < 1.29 is 23.1 Å². The molecule has 0 radical (unpaired) electrons. The molecule has 0 spiro atoms. The maximum atomic E-state index is 15.2. The molecule has 5 rings (SSSR count). The lowest BCUT2D eigenvalue weighted by molar-refractivity contribution is -0.150. The van der Waals surface area contributed by atoms with E-state index >= 15 is 4.57 Å². The largest absolute Gasteiger partial charge is 0.461 e. The van der Waals surface area contributed by atoms with E-state index in [0.29, 0.717) is 12.8 Å². The molecule has 0 aromatic heterocycles. The second-order valence-corrected chi connectivity index (χ2v) is 13.0. The predicted octanol–water partition coefficient (Wildman–Crippen LogP) is 8.83. The summed E-state index contributed by atoms with van der Waals surface area (Å²) in [5, 5.41) is 0. The Hall–Kier alpha value is -4.28. The average molecular weight is 605 g/mol. The highest BCUT2D eigenvalue weighted by atomic mass is 31.2. The number of hydrogen-bond donors (Lipinski definition) is 0. The molecule has 0 N–H and O–H groups in total. The van der Waals surface area contributed by atoms with Gasteiger partial charge in [0.25, 0.3) is 0 Å². The van der Waals surface area contributed by atoms with Gasteiger partial charge < -0.3 is 13.8 Å². The molecule has 2 atom stereocenters. The molecule has 5 aromatic rings. The Morgan fingerprint density at radius 2 is 0.818 bits per heavy atom. The van der Waals surface area contributed by atoms with E-state index in [2.05, 4.69) is 0 Å². The summed E-state index contributed by atoms with van der Waals surface area (Å²) in [5.41, 5.74) is 3.65. The molecular weight excluding hydrogens is 567 g/mol. The van der Waals surface area contributed by atoms with Crippen LogP contribution in [0.2, 0.25) is 0 Å². The van der Waals surface area contributed by atoms with E-state index in [4.69, 9.17) is 13.8 Å². The predicted molar refractivity (Wildman–Crippen MR) is 174 cm³/mol. The van der Waals surface area contributed by atoms with Crippen LogP contribution >= 0.6 is 7.60 Å². The highest BCUT2D eigenvalue weighted by molar-refractivity contribution is 7.54. The van der Waals surface area contributed by atoms with Crippen LogP contribution < -0.4 is 0 Å². The van der Waals surface area contributed by atoms with E-state index in [-0.39, 0.29) is 19.8 Å². The number of ether oxygens (including phenoxy) is 1. The summed E-state index contributed by atoms with van der Waals surface area (Å²) in [4.78, 5) is 14.1. The first-order chi connectivity index (χ1) is 21.6. The summed E-state index contributed by atoms with van der Waals surface area (Å²) < 4.78 is 33.8. The van der Waals surface area contributed by atoms with Crippen LogP contribution in [0.25, 0.3) is 0 Å². The molecule has 2 unspecified atom stereocenters. The maximum Gasteiger partial charge on any atom is 0.335 e. The lowest BCUT2D eigenvalue weighted by atomic mass is 9.92. The Bertz CT molecular complexity index is 1550. The number of benzene rings is 5. The second kappa shape index (κ2) is 16.0. The van der Waals surface area contributed by atoms with Crippen molar-refractivity contribution in [2.45, 2.75) is 38.3 Å². The smallest absolute Gasteiger partial charge is 0.335 e. The van der Waals surface area contributed by atoms with E-state index in [1.165, 1.54) is 0 Å². The fourth-order valence-electron chi connectivity index (χ4n) is 5.12. The van der Waals surface area contributed by atoms with Crippen molar-refractivity contribution in [2.24, 2.45) is 5.92 Å². The fraction of sp³-hybridized carbons (Fsp3) is 0.184. The van der Waals surface area contributed by atoms with Crippen LogP contribution in [-0.2, 0) is 55.8 Å². The van der Waals surface area contributed by atoms with Crippen LogP contribution in [0.4, 0.5) is 0 Å². The molecule has 0 aliphatic carbocycles. The minimum Gasteiger partial charge on any atom is -0.461 e. The molecular formula is C38H37O5P. The zero-order valence-corrected chi connectivity index (χ0v) is 25.5. The number of rotatable bonds is 15. The zero-order valence-electron chi connectivity index (χ0n) is 24.6. The van der Waals surface area contributed by atoms with E-state index in [1.807, 2.05) is 152 Å². The molecule has 5 aromatic carbocycles. The van der Waals surface area contributed by atoms with Gasteiger partial charge in [-0.1, -0.05) is 152 Å². The Morgan fingerprint density at radius 3 is 1.23 bits per heavy atom. The van der Waals surface area contributed by atoms with Gasteiger partial charge in [-0.3, -0.25) is 9.36 Å². The van der Waals surface area contributed by atoms with Crippen LogP contribution in [0.15, 0.2) is 152 Å². The topological polar surface area (TPSA) is 61.8 Å². The third kappa shape index (κ3) is 9.11. The monoisotopic (exact) mass is 604 g/mol. The van der Waals surface area contributed by atoms with Gasteiger partial charge in [-0.2, -0.15) is 0 Å². The van der Waals surface area contributed by atoms with Gasteiger partial charge in [0.05, 0.1) is 24.8 Å². The van der Waals surface area contributed by atoms with Crippen molar-refractivity contribution in [2.75, 3.05) is 0 Å². The van der Waals surface area contributed by atoms with Gasteiger partial charge in [-0.25, -0.2) is 0 Å². The van der Waals surface area contributed by atoms with Gasteiger partial charge in [-0.05, 0) is 40.7 Å². The van der Waals surface area contributed by atoms with Crippen LogP contribution in [0, 0.1) is 5.92 Å². The molecule has 0 aliphatic rings. The van der Waals surface area contributed by atoms with Gasteiger partial charge in [0.2, 0.25) is 0 Å². The van der Waals surface area contributed by atoms with Crippen LogP contribution in [0.5, 0.6) is 0 Å². The zero-order chi connectivity index (χ0) is 30.5. The van der Waals surface area contributed by atoms with Gasteiger partial charge in [0, 0.05) is 0 Å². The van der Waals surface area contributed by atoms with Crippen LogP contribution in [-0.4, -0.2) is 11.6 Å². The molecule has 0 saturated carbocycles. The third-order valence-electron chi connectivity index (χ3n) is 7.49. The van der Waals surface area contributed by atoms with Crippen LogP contribution in [0.3, 0.4) is 0 Å². The minimum absolute atomic E-state index is 0.0787. The summed E-state index contributed by atoms with van der Waals surface area (Å²) in [6.07, 6.45) is 0.624. The summed E-state index contributed by atoms with van der Waals surface area (Å²) >= 11 is 0. The molecule has 0 bridgehead atoms. The third-order valence-corrected chi connectivity index (χ3v) is 9.82. The first kappa shape index (κ1) is 31.2. The van der Waals surface area contributed by atoms with Crippen molar-refractivity contribution in [3.8, 4) is 0 Å². The first-order valence-electron chi connectivity index (χ1n) is 14.8. The maximum absolute atomic E-state index is 15.2. The molecule has 0 fully saturated rings. The van der Waals surface area contributed by atoms with Crippen LogP contribution in [0.1, 0.15) is 27.8 Å². The number of carbonyl (C=O) groups excluding carboxylic acids is 1. The van der Waals surface area contributed by atoms with E-state index in [0.717, 1.165) is 27.8 Å². The van der Waals surface area contributed by atoms with Crippen molar-refractivity contribution in [3.63, 3.8) is 0 Å². The summed E-state index contributed by atoms with van der Waals surface area (Å²) in [5.74, 6) is -1.25. The van der Waals surface area contributed by atoms with Crippen molar-refractivity contribution in [1.82, 2.24) is 0 Å². The Balaban J connectivity index is 1.53. The second-order valence-electron chi connectivity index (χ2n) is 10.7. The number of esters is 1. The summed E-state index contributed by atoms with van der Waals surface area (Å²) in [6, 6.07) is 48.2. The van der Waals surface area contributed by atoms with Crippen molar-refractivity contribution in [1.29, 1.82) is 0 Å². The summed E-state index contributed by atoms with van der Waals surface area (Å²) in [7, 11) is -3.97. The van der Waals surface area contributed by atoms with E-state index in [1.54, 1.807) is 0 Å². The molecule has 0 aliphatic heterocycles. The molecule has 6 heteroatoms. The molecule has 44 heavy (non-hydrogen) atoms. The van der Waals surface area contributed by atoms with Crippen molar-refractivity contribution in [3.05, 3.63) is 179 Å². The van der Waals surface area contributed by atoms with Gasteiger partial charge >= 0.3 is 13.6 Å². The number of hydrogen-bond acceptors (Lipinski definition) is 5. The van der Waals surface area contributed by atoms with E-state index < -0.39 is 25.1 Å². The number of carbonyl (C=O) groups is 1. The Kier molecular flexibility index (Phi) is 11.3. The highest BCUT2D eigenvalue weighted by Crippen LogP contribution is 2.58. The molecule has 224 valence electrons. The molecule has 0 heterocycles. The summed E-state index contributed by atoms with van der Waals surface area (Å²) in [6.45, 7) is 0.272. The van der Waals surface area contributed by atoms with E-state index in [9.17, 15) is 4.79 Å². The lowest BCUT2D eigenvalue weighted by Crippen LogP contribution is -2.34. The lowest BCUT2D eigenvalue weighted by Gasteiger charge is -2.32. The standard InChI is InChI=1S/C38H37O5P/c39-38(41-28-33-20-10-3-11-21-33)36(26-31-16-6-1-7-17-31)37(27-32-18-8-2-9-19-32)44(40,42-29-34-22-12-4-13-23-34)43-30-35-24-14-5-15-25-35/h1-25,36-37H,26-30H2. The first-order valence-corrected chi connectivity index (χ1v) is 16.5. The normalized spacial score (nSPS) is 12.7. The van der Waals surface area contributed by atoms with Crippen molar-refractivity contribution >= 4 is 13.6 Å².